The molecule has 10 heteroatoms. The van der Waals surface area contributed by atoms with E-state index in [4.69, 9.17) is 4.74 Å². The molecule has 0 spiro atoms. The number of sulfonamides is 1. The van der Waals surface area contributed by atoms with Crippen LogP contribution >= 0.6 is 15.9 Å². The number of para-hydroxylation sites is 1. The van der Waals surface area contributed by atoms with Gasteiger partial charge in [-0.05, 0) is 59.7 Å². The van der Waals surface area contributed by atoms with Crippen molar-refractivity contribution in [2.45, 2.75) is 23.9 Å². The molecule has 8 nitrogen and oxygen atoms in total. The maximum Gasteiger partial charge on any atom is 0.264 e. The zero-order valence-electron chi connectivity index (χ0n) is 23.3. The summed E-state index contributed by atoms with van der Waals surface area (Å²) in [6.45, 7) is -0.428. The SMILES string of the molecule is CNC(=O)C(Cc1ccccc1)N(Cc1cccc(Br)c1)C(=O)CN(c1ccccc1)S(=O)(=O)c1ccc(OC)cc1. The van der Waals surface area contributed by atoms with Gasteiger partial charge in [-0.25, -0.2) is 8.42 Å². The second-order valence-corrected chi connectivity index (χ2v) is 12.3. The Morgan fingerprint density at radius 1 is 0.857 bits per heavy atom. The number of carbonyl (C=O) groups excluding carboxylic acids is 2. The van der Waals surface area contributed by atoms with Gasteiger partial charge >= 0.3 is 0 Å². The van der Waals surface area contributed by atoms with Crippen LogP contribution in [0.15, 0.2) is 119 Å². The van der Waals surface area contributed by atoms with Gasteiger partial charge in [-0.15, -0.1) is 0 Å². The van der Waals surface area contributed by atoms with Crippen LogP contribution < -0.4 is 14.4 Å². The van der Waals surface area contributed by atoms with E-state index in [0.29, 0.717) is 11.4 Å². The van der Waals surface area contributed by atoms with Gasteiger partial charge in [0.15, 0.2) is 0 Å². The number of methoxy groups -OCH3 is 1. The van der Waals surface area contributed by atoms with Crippen molar-refractivity contribution in [3.8, 4) is 5.75 Å². The molecule has 1 N–H and O–H groups in total. The van der Waals surface area contributed by atoms with E-state index < -0.39 is 28.5 Å². The van der Waals surface area contributed by atoms with Crippen molar-refractivity contribution in [2.24, 2.45) is 0 Å². The van der Waals surface area contributed by atoms with Crippen LogP contribution in [0.5, 0.6) is 5.75 Å². The normalized spacial score (nSPS) is 11.8. The Labute approximate surface area is 255 Å². The van der Waals surface area contributed by atoms with Gasteiger partial charge in [0.05, 0.1) is 17.7 Å². The lowest BCUT2D eigenvalue weighted by molar-refractivity contribution is -0.139. The molecule has 0 aliphatic heterocycles. The lowest BCUT2D eigenvalue weighted by Gasteiger charge is -2.33. The summed E-state index contributed by atoms with van der Waals surface area (Å²) in [5, 5.41) is 2.68. The molecular formula is C32H32BrN3O5S. The summed E-state index contributed by atoms with van der Waals surface area (Å²) in [6, 6.07) is 30.4. The summed E-state index contributed by atoms with van der Waals surface area (Å²) in [5.41, 5.74) is 1.97. The molecule has 4 aromatic rings. The maximum absolute atomic E-state index is 14.3. The molecular weight excluding hydrogens is 618 g/mol. The van der Waals surface area contributed by atoms with Crippen LogP contribution in [0, 0.1) is 0 Å². The highest BCUT2D eigenvalue weighted by Gasteiger charge is 2.34. The number of nitrogens with zero attached hydrogens (tertiary/aromatic N) is 2. The number of anilines is 1. The van der Waals surface area contributed by atoms with Gasteiger partial charge in [0, 0.05) is 24.5 Å². The molecule has 0 heterocycles. The maximum atomic E-state index is 14.3. The summed E-state index contributed by atoms with van der Waals surface area (Å²) >= 11 is 3.48. The van der Waals surface area contributed by atoms with Crippen molar-refractivity contribution in [2.75, 3.05) is 25.0 Å². The lowest BCUT2D eigenvalue weighted by atomic mass is 10.0. The smallest absolute Gasteiger partial charge is 0.264 e. The predicted octanol–water partition coefficient (Wildman–Crippen LogP) is 5.04. The van der Waals surface area contributed by atoms with Gasteiger partial charge in [-0.2, -0.15) is 0 Å². The average molecular weight is 651 g/mol. The van der Waals surface area contributed by atoms with Gasteiger partial charge in [-0.1, -0.05) is 76.6 Å². The minimum Gasteiger partial charge on any atom is -0.497 e. The molecule has 4 rings (SSSR count). The third-order valence-corrected chi connectivity index (χ3v) is 9.01. The van der Waals surface area contributed by atoms with Crippen LogP contribution in [0.25, 0.3) is 0 Å². The molecule has 0 aliphatic carbocycles. The summed E-state index contributed by atoms with van der Waals surface area (Å²) in [5.74, 6) is -0.377. The molecule has 0 bridgehead atoms. The molecule has 0 fully saturated rings. The number of likely N-dealkylation sites (N-methyl/N-ethyl adjacent to an activating group) is 1. The number of ether oxygens (including phenoxy) is 1. The summed E-state index contributed by atoms with van der Waals surface area (Å²) in [7, 11) is -1.16. The van der Waals surface area contributed by atoms with Crippen molar-refractivity contribution in [1.29, 1.82) is 0 Å². The summed E-state index contributed by atoms with van der Waals surface area (Å²) in [4.78, 5) is 29.0. The van der Waals surface area contributed by atoms with Crippen molar-refractivity contribution < 1.29 is 22.7 Å². The van der Waals surface area contributed by atoms with Gasteiger partial charge in [0.25, 0.3) is 10.0 Å². The molecule has 0 radical (unpaired) electrons. The predicted molar refractivity (Wildman–Crippen MR) is 167 cm³/mol. The fourth-order valence-corrected chi connectivity index (χ4v) is 6.41. The Balaban J connectivity index is 1.76. The molecule has 0 aromatic heterocycles. The summed E-state index contributed by atoms with van der Waals surface area (Å²) < 4.78 is 35.0. The van der Waals surface area contributed by atoms with Crippen LogP contribution in [-0.2, 0) is 32.6 Å². The largest absolute Gasteiger partial charge is 0.497 e. The first kappa shape index (κ1) is 30.8. The number of amides is 2. The standard InChI is InChI=1S/C32H32BrN3O5S/c1-34-32(38)30(21-24-10-5-3-6-11-24)35(22-25-12-9-13-26(33)20-25)31(37)23-36(27-14-7-4-8-15-27)42(39,40)29-18-16-28(41-2)17-19-29/h3-20,30H,21-23H2,1-2H3,(H,34,38). The molecule has 1 atom stereocenters. The Kier molecular flexibility index (Phi) is 10.4. The minimum atomic E-state index is -4.18. The highest BCUT2D eigenvalue weighted by molar-refractivity contribution is 9.10. The molecule has 0 saturated carbocycles. The van der Waals surface area contributed by atoms with E-state index in [9.17, 15) is 18.0 Å². The molecule has 218 valence electrons. The van der Waals surface area contributed by atoms with Crippen LogP contribution in [0.4, 0.5) is 5.69 Å². The molecule has 2 amide bonds. The third-order valence-electron chi connectivity index (χ3n) is 6.73. The molecule has 0 aliphatic rings. The fraction of sp³-hybridized carbons (Fsp3) is 0.188. The Morgan fingerprint density at radius 2 is 1.48 bits per heavy atom. The average Bonchev–Trinajstić information content (AvgIpc) is 3.02. The number of carbonyl (C=O) groups is 2. The first-order valence-electron chi connectivity index (χ1n) is 13.2. The van der Waals surface area contributed by atoms with E-state index >= 15 is 0 Å². The molecule has 0 saturated heterocycles. The van der Waals surface area contributed by atoms with E-state index in [1.165, 1.54) is 31.2 Å². The Hall–Kier alpha value is -4.15. The van der Waals surface area contributed by atoms with E-state index in [1.54, 1.807) is 42.5 Å². The summed E-state index contributed by atoms with van der Waals surface area (Å²) in [6.07, 6.45) is 0.247. The van der Waals surface area contributed by atoms with Crippen LogP contribution in [0.2, 0.25) is 0 Å². The Morgan fingerprint density at radius 3 is 2.07 bits per heavy atom. The van der Waals surface area contributed by atoms with Crippen molar-refractivity contribution in [3.63, 3.8) is 0 Å². The number of nitrogens with one attached hydrogen (secondary N) is 1. The topological polar surface area (TPSA) is 96.0 Å². The van der Waals surface area contributed by atoms with Gasteiger partial charge in [0.2, 0.25) is 11.8 Å². The first-order chi connectivity index (χ1) is 20.2. The molecule has 1 unspecified atom stereocenters. The van der Waals surface area contributed by atoms with E-state index in [0.717, 1.165) is 19.9 Å². The second-order valence-electron chi connectivity index (χ2n) is 9.49. The minimum absolute atomic E-state index is 0.00521. The van der Waals surface area contributed by atoms with E-state index in [2.05, 4.69) is 21.2 Å². The first-order valence-corrected chi connectivity index (χ1v) is 15.5. The third kappa shape index (κ3) is 7.57. The number of halogens is 1. The monoisotopic (exact) mass is 649 g/mol. The zero-order valence-corrected chi connectivity index (χ0v) is 25.7. The lowest BCUT2D eigenvalue weighted by Crippen LogP contribution is -2.53. The van der Waals surface area contributed by atoms with Crippen molar-refractivity contribution in [3.05, 3.63) is 125 Å². The number of hydrogen-bond donors (Lipinski definition) is 1. The quantitative estimate of drug-likeness (QED) is 0.232. The highest BCUT2D eigenvalue weighted by atomic mass is 79.9. The van der Waals surface area contributed by atoms with Crippen LogP contribution in [0.3, 0.4) is 0 Å². The van der Waals surface area contributed by atoms with Crippen molar-refractivity contribution in [1.82, 2.24) is 10.2 Å². The van der Waals surface area contributed by atoms with Crippen molar-refractivity contribution >= 4 is 43.5 Å². The van der Waals surface area contributed by atoms with Crippen LogP contribution in [-0.4, -0.2) is 51.9 Å². The Bertz CT molecular complexity index is 1600. The van der Waals surface area contributed by atoms with Gasteiger partial charge in [-0.3, -0.25) is 13.9 Å². The highest BCUT2D eigenvalue weighted by Crippen LogP contribution is 2.26. The van der Waals surface area contributed by atoms with E-state index in [1.807, 2.05) is 54.6 Å². The number of benzene rings is 4. The van der Waals surface area contributed by atoms with E-state index in [-0.39, 0.29) is 23.8 Å². The molecule has 4 aromatic carbocycles. The zero-order chi connectivity index (χ0) is 30.1. The van der Waals surface area contributed by atoms with Crippen LogP contribution in [0.1, 0.15) is 11.1 Å². The fourth-order valence-electron chi connectivity index (χ4n) is 4.55. The van der Waals surface area contributed by atoms with Gasteiger partial charge < -0.3 is 15.0 Å². The number of hydrogen-bond acceptors (Lipinski definition) is 5. The second kappa shape index (κ2) is 14.2. The molecule has 42 heavy (non-hydrogen) atoms. The van der Waals surface area contributed by atoms with Gasteiger partial charge in [0.1, 0.15) is 18.3 Å². The number of rotatable bonds is 12.